The molecule has 0 aromatic carbocycles. The minimum absolute atomic E-state index is 0.0534. The van der Waals surface area contributed by atoms with Crippen LogP contribution < -0.4 is 5.32 Å². The molecule has 1 aliphatic carbocycles. The number of aromatic nitrogens is 3. The van der Waals surface area contributed by atoms with Crippen LogP contribution in [0.5, 0.6) is 0 Å². The SMILES string of the molecule is O=C1CCC(=O)N1C1CCC(Nc2cc(C(F)(F)F)nc(-c3cccnc3)n2)CC1. The molecule has 0 spiro atoms. The van der Waals surface area contributed by atoms with Gasteiger partial charge in [0, 0.05) is 48.9 Å². The Balaban J connectivity index is 1.49. The maximum atomic E-state index is 13.3. The van der Waals surface area contributed by atoms with E-state index < -0.39 is 11.9 Å². The number of hydrogen-bond donors (Lipinski definition) is 1. The van der Waals surface area contributed by atoms with E-state index in [2.05, 4.69) is 20.3 Å². The van der Waals surface area contributed by atoms with Crippen LogP contribution >= 0.6 is 0 Å². The summed E-state index contributed by atoms with van der Waals surface area (Å²) in [6.07, 6.45) is 1.31. The maximum Gasteiger partial charge on any atom is 0.433 e. The first-order valence-corrected chi connectivity index (χ1v) is 9.79. The van der Waals surface area contributed by atoms with Crippen LogP contribution in [0.2, 0.25) is 0 Å². The first-order valence-electron chi connectivity index (χ1n) is 9.79. The average Bonchev–Trinajstić information content (AvgIpc) is 3.07. The Kier molecular flexibility index (Phi) is 5.40. The number of halogens is 3. The van der Waals surface area contributed by atoms with E-state index in [-0.39, 0.29) is 48.4 Å². The van der Waals surface area contributed by atoms with Crippen molar-refractivity contribution in [2.24, 2.45) is 0 Å². The van der Waals surface area contributed by atoms with Crippen LogP contribution in [0.3, 0.4) is 0 Å². The highest BCUT2D eigenvalue weighted by atomic mass is 19.4. The summed E-state index contributed by atoms with van der Waals surface area (Å²) in [5, 5.41) is 3.08. The molecule has 4 rings (SSSR count). The molecular weight excluding hydrogens is 399 g/mol. The molecule has 0 unspecified atom stereocenters. The predicted molar refractivity (Wildman–Crippen MR) is 101 cm³/mol. The van der Waals surface area contributed by atoms with Crippen molar-refractivity contribution in [3.05, 3.63) is 36.3 Å². The summed E-state index contributed by atoms with van der Waals surface area (Å²) in [5.41, 5.74) is -0.637. The minimum Gasteiger partial charge on any atom is -0.367 e. The number of alkyl halides is 3. The zero-order valence-electron chi connectivity index (χ0n) is 16.0. The molecule has 0 radical (unpaired) electrons. The smallest absolute Gasteiger partial charge is 0.367 e. The van der Waals surface area contributed by atoms with E-state index in [0.717, 1.165) is 6.07 Å². The Hall–Kier alpha value is -3.04. The van der Waals surface area contributed by atoms with Crippen LogP contribution in [0.1, 0.15) is 44.2 Å². The molecular formula is C20H20F3N5O2. The normalized spacial score (nSPS) is 22.4. The van der Waals surface area contributed by atoms with Crippen LogP contribution in [0.25, 0.3) is 11.4 Å². The quantitative estimate of drug-likeness (QED) is 0.764. The minimum atomic E-state index is -4.61. The number of carbonyl (C=O) groups excluding carboxylic acids is 2. The van der Waals surface area contributed by atoms with E-state index >= 15 is 0 Å². The second-order valence-electron chi connectivity index (χ2n) is 7.51. The fourth-order valence-corrected chi connectivity index (χ4v) is 3.98. The molecule has 7 nitrogen and oxygen atoms in total. The zero-order valence-corrected chi connectivity index (χ0v) is 16.0. The van der Waals surface area contributed by atoms with E-state index in [0.29, 0.717) is 31.2 Å². The topological polar surface area (TPSA) is 88.1 Å². The monoisotopic (exact) mass is 419 g/mol. The van der Waals surface area contributed by atoms with Gasteiger partial charge in [-0.3, -0.25) is 19.5 Å². The molecule has 2 aromatic rings. The molecule has 1 aliphatic heterocycles. The lowest BCUT2D eigenvalue weighted by Crippen LogP contribution is -2.43. The van der Waals surface area contributed by atoms with Gasteiger partial charge in [0.2, 0.25) is 11.8 Å². The van der Waals surface area contributed by atoms with Gasteiger partial charge < -0.3 is 5.32 Å². The Morgan fingerprint density at radius 1 is 1.03 bits per heavy atom. The van der Waals surface area contributed by atoms with Crippen molar-refractivity contribution in [1.82, 2.24) is 19.9 Å². The lowest BCUT2D eigenvalue weighted by atomic mass is 9.90. The Bertz CT molecular complexity index is 927. The van der Waals surface area contributed by atoms with E-state index in [1.165, 1.54) is 17.3 Å². The lowest BCUT2D eigenvalue weighted by molar-refractivity contribution is -0.142. The van der Waals surface area contributed by atoms with Gasteiger partial charge in [-0.05, 0) is 37.8 Å². The van der Waals surface area contributed by atoms with Crippen LogP contribution in [0, 0.1) is 0 Å². The third-order valence-electron chi connectivity index (χ3n) is 5.44. The first-order chi connectivity index (χ1) is 14.3. The summed E-state index contributed by atoms with van der Waals surface area (Å²) >= 11 is 0. The van der Waals surface area contributed by atoms with Crippen molar-refractivity contribution in [2.75, 3.05) is 5.32 Å². The largest absolute Gasteiger partial charge is 0.433 e. The number of rotatable bonds is 4. The molecule has 0 bridgehead atoms. The summed E-state index contributed by atoms with van der Waals surface area (Å²) in [6.45, 7) is 0. The van der Waals surface area contributed by atoms with E-state index in [1.807, 2.05) is 0 Å². The first kappa shape index (κ1) is 20.2. The van der Waals surface area contributed by atoms with Crippen LogP contribution in [0.4, 0.5) is 19.0 Å². The summed E-state index contributed by atoms with van der Waals surface area (Å²) in [4.78, 5) is 37.0. The van der Waals surface area contributed by atoms with Crippen molar-refractivity contribution < 1.29 is 22.8 Å². The molecule has 30 heavy (non-hydrogen) atoms. The van der Waals surface area contributed by atoms with E-state index in [4.69, 9.17) is 0 Å². The van der Waals surface area contributed by atoms with E-state index in [1.54, 1.807) is 12.1 Å². The highest BCUT2D eigenvalue weighted by molar-refractivity contribution is 6.02. The van der Waals surface area contributed by atoms with Crippen molar-refractivity contribution in [2.45, 2.75) is 56.8 Å². The Morgan fingerprint density at radius 3 is 2.33 bits per heavy atom. The lowest BCUT2D eigenvalue weighted by Gasteiger charge is -2.34. The van der Waals surface area contributed by atoms with Crippen molar-refractivity contribution in [3.63, 3.8) is 0 Å². The number of nitrogens with zero attached hydrogens (tertiary/aromatic N) is 4. The molecule has 3 heterocycles. The fraction of sp³-hybridized carbons (Fsp3) is 0.450. The van der Waals surface area contributed by atoms with Gasteiger partial charge in [0.15, 0.2) is 11.5 Å². The Labute approximate surface area is 170 Å². The van der Waals surface area contributed by atoms with Crippen LogP contribution in [0.15, 0.2) is 30.6 Å². The average molecular weight is 419 g/mol. The predicted octanol–water partition coefficient (Wildman–Crippen LogP) is 3.43. The molecule has 158 valence electrons. The third kappa shape index (κ3) is 4.27. The van der Waals surface area contributed by atoms with Gasteiger partial charge in [-0.25, -0.2) is 9.97 Å². The number of carbonyl (C=O) groups is 2. The molecule has 2 fully saturated rings. The second-order valence-corrected chi connectivity index (χ2v) is 7.51. The van der Waals surface area contributed by atoms with Crippen molar-refractivity contribution >= 4 is 17.6 Å². The summed E-state index contributed by atoms with van der Waals surface area (Å²) in [7, 11) is 0. The molecule has 0 atom stereocenters. The number of nitrogens with one attached hydrogen (secondary N) is 1. The van der Waals surface area contributed by atoms with Gasteiger partial charge >= 0.3 is 6.18 Å². The van der Waals surface area contributed by atoms with Gasteiger partial charge in [0.1, 0.15) is 5.82 Å². The highest BCUT2D eigenvalue weighted by Gasteiger charge is 2.37. The molecule has 2 amide bonds. The summed E-state index contributed by atoms with van der Waals surface area (Å²) in [5.74, 6) is -0.235. The van der Waals surface area contributed by atoms with Gasteiger partial charge in [-0.2, -0.15) is 13.2 Å². The van der Waals surface area contributed by atoms with Crippen LogP contribution in [-0.2, 0) is 15.8 Å². The van der Waals surface area contributed by atoms with Gasteiger partial charge in [0.05, 0.1) is 0 Å². The van der Waals surface area contributed by atoms with Gasteiger partial charge in [-0.15, -0.1) is 0 Å². The van der Waals surface area contributed by atoms with Crippen LogP contribution in [-0.4, -0.2) is 43.7 Å². The molecule has 2 aromatic heterocycles. The standard InChI is InChI=1S/C20H20F3N5O2/c21-20(22,23)15-10-16(27-19(26-15)12-2-1-9-24-11-12)25-13-3-5-14(6-4-13)28-17(29)7-8-18(28)30/h1-2,9-11,13-14H,3-8H2,(H,25,26,27). The number of anilines is 1. The van der Waals surface area contributed by atoms with Crippen molar-refractivity contribution in [1.29, 1.82) is 0 Å². The molecule has 1 saturated carbocycles. The van der Waals surface area contributed by atoms with E-state index in [9.17, 15) is 22.8 Å². The van der Waals surface area contributed by atoms with Crippen molar-refractivity contribution in [3.8, 4) is 11.4 Å². The summed E-state index contributed by atoms with van der Waals surface area (Å²) in [6, 6.07) is 3.87. The Morgan fingerprint density at radius 2 is 1.73 bits per heavy atom. The van der Waals surface area contributed by atoms with Gasteiger partial charge in [0.25, 0.3) is 0 Å². The highest BCUT2D eigenvalue weighted by Crippen LogP contribution is 2.32. The number of amides is 2. The second kappa shape index (κ2) is 8.00. The number of likely N-dealkylation sites (tertiary alicyclic amines) is 1. The fourth-order valence-electron chi connectivity index (χ4n) is 3.98. The number of hydrogen-bond acceptors (Lipinski definition) is 6. The number of pyridine rings is 1. The molecule has 1 saturated heterocycles. The third-order valence-corrected chi connectivity index (χ3v) is 5.44. The molecule has 2 aliphatic rings. The van der Waals surface area contributed by atoms with Gasteiger partial charge in [-0.1, -0.05) is 0 Å². The molecule has 1 N–H and O–H groups in total. The molecule has 10 heteroatoms. The number of imide groups is 1. The zero-order chi connectivity index (χ0) is 21.3. The maximum absolute atomic E-state index is 13.3. The summed E-state index contributed by atoms with van der Waals surface area (Å²) < 4.78 is 40.0.